The highest BCUT2D eigenvalue weighted by Crippen LogP contribution is 2.23. The Morgan fingerprint density at radius 1 is 1.64 bits per heavy atom. The van der Waals surface area contributed by atoms with E-state index in [-0.39, 0.29) is 6.10 Å². The van der Waals surface area contributed by atoms with E-state index in [0.717, 1.165) is 12.8 Å². The van der Waals surface area contributed by atoms with E-state index in [1.807, 2.05) is 0 Å². The molecule has 2 rings (SSSR count). The van der Waals surface area contributed by atoms with Crippen molar-refractivity contribution in [2.45, 2.75) is 18.9 Å². The third-order valence-corrected chi connectivity index (χ3v) is 2.71. The molecular weight excluding hydrogens is 176 g/mol. The first-order valence-corrected chi connectivity index (χ1v) is 4.95. The highest BCUT2D eigenvalue weighted by Gasteiger charge is 2.17. The maximum absolute atomic E-state index is 5.56. The number of aromatic amines is 1. The Bertz CT molecular complexity index is 341. The molecule has 76 valence electrons. The minimum Gasteiger partial charge on any atom is -0.377 e. The summed E-state index contributed by atoms with van der Waals surface area (Å²) in [4.78, 5) is 3.26. The maximum atomic E-state index is 5.56. The fraction of sp³-hybridized carbons (Fsp3) is 0.455. The molecule has 0 radical (unpaired) electrons. The van der Waals surface area contributed by atoms with Crippen LogP contribution in [0.5, 0.6) is 0 Å². The normalized spacial score (nSPS) is 19.7. The summed E-state index contributed by atoms with van der Waals surface area (Å²) in [7, 11) is 1.75. The summed E-state index contributed by atoms with van der Waals surface area (Å²) in [5.41, 5.74) is 9.46. The second-order valence-electron chi connectivity index (χ2n) is 3.58. The van der Waals surface area contributed by atoms with Crippen LogP contribution in [0.2, 0.25) is 0 Å². The van der Waals surface area contributed by atoms with Gasteiger partial charge in [0.2, 0.25) is 0 Å². The molecule has 1 unspecified atom stereocenters. The van der Waals surface area contributed by atoms with Crippen molar-refractivity contribution in [2.24, 2.45) is 5.73 Å². The highest BCUT2D eigenvalue weighted by atomic mass is 16.5. The number of methoxy groups -OCH3 is 1. The molecule has 0 amide bonds. The number of H-pyrrole nitrogens is 1. The first-order chi connectivity index (χ1) is 6.85. The predicted molar refractivity (Wildman–Crippen MR) is 57.1 cm³/mol. The molecule has 0 saturated heterocycles. The van der Waals surface area contributed by atoms with Crippen molar-refractivity contribution in [3.63, 3.8) is 0 Å². The van der Waals surface area contributed by atoms with Gasteiger partial charge in [-0.3, -0.25) is 0 Å². The lowest BCUT2D eigenvalue weighted by molar-refractivity contribution is 0.141. The van der Waals surface area contributed by atoms with Gasteiger partial charge in [-0.2, -0.15) is 0 Å². The van der Waals surface area contributed by atoms with Gasteiger partial charge in [0.15, 0.2) is 0 Å². The summed E-state index contributed by atoms with van der Waals surface area (Å²) in [6.07, 6.45) is 8.35. The van der Waals surface area contributed by atoms with Crippen molar-refractivity contribution in [1.82, 2.24) is 4.98 Å². The molecule has 3 N–H and O–H groups in total. The number of nitrogens with two attached hydrogens (primary N) is 1. The molecule has 3 nitrogen and oxygen atoms in total. The molecule has 1 aromatic heterocycles. The van der Waals surface area contributed by atoms with Crippen LogP contribution in [-0.2, 0) is 17.6 Å². The van der Waals surface area contributed by atoms with Gasteiger partial charge < -0.3 is 15.5 Å². The van der Waals surface area contributed by atoms with Crippen molar-refractivity contribution >= 4 is 6.08 Å². The topological polar surface area (TPSA) is 51.0 Å². The Morgan fingerprint density at radius 3 is 3.21 bits per heavy atom. The average molecular weight is 192 g/mol. The summed E-state index contributed by atoms with van der Waals surface area (Å²) in [5.74, 6) is 0. The molecule has 0 aliphatic heterocycles. The van der Waals surface area contributed by atoms with E-state index in [0.29, 0.717) is 6.54 Å². The summed E-state index contributed by atoms with van der Waals surface area (Å²) < 4.78 is 5.32. The quantitative estimate of drug-likeness (QED) is 0.753. The van der Waals surface area contributed by atoms with Crippen LogP contribution in [0.15, 0.2) is 12.3 Å². The minimum absolute atomic E-state index is 0.217. The lowest BCUT2D eigenvalue weighted by Crippen LogP contribution is -2.15. The number of rotatable bonds is 3. The van der Waals surface area contributed by atoms with E-state index in [9.17, 15) is 0 Å². The summed E-state index contributed by atoms with van der Waals surface area (Å²) in [6.45, 7) is 0.700. The third-order valence-electron chi connectivity index (χ3n) is 2.71. The molecule has 0 aromatic carbocycles. The van der Waals surface area contributed by atoms with Gasteiger partial charge in [-0.1, -0.05) is 6.08 Å². The second-order valence-corrected chi connectivity index (χ2v) is 3.58. The van der Waals surface area contributed by atoms with Crippen molar-refractivity contribution in [2.75, 3.05) is 13.7 Å². The van der Waals surface area contributed by atoms with Gasteiger partial charge >= 0.3 is 0 Å². The zero-order chi connectivity index (χ0) is 9.97. The molecule has 1 heterocycles. The van der Waals surface area contributed by atoms with Gasteiger partial charge in [-0.25, -0.2) is 0 Å². The SMILES string of the molecule is COC1C=Cc2[nH]cc(CCN)c2C1. The van der Waals surface area contributed by atoms with Crippen LogP contribution >= 0.6 is 0 Å². The van der Waals surface area contributed by atoms with Crippen LogP contribution in [0.3, 0.4) is 0 Å². The number of hydrogen-bond acceptors (Lipinski definition) is 2. The van der Waals surface area contributed by atoms with Gasteiger partial charge in [0, 0.05) is 25.4 Å². The molecule has 0 spiro atoms. The zero-order valence-corrected chi connectivity index (χ0v) is 8.42. The van der Waals surface area contributed by atoms with Crippen molar-refractivity contribution in [1.29, 1.82) is 0 Å². The fourth-order valence-corrected chi connectivity index (χ4v) is 1.92. The van der Waals surface area contributed by atoms with Crippen LogP contribution in [0.1, 0.15) is 16.8 Å². The van der Waals surface area contributed by atoms with E-state index >= 15 is 0 Å². The van der Waals surface area contributed by atoms with Crippen LogP contribution < -0.4 is 5.73 Å². The van der Waals surface area contributed by atoms with Crippen molar-refractivity contribution in [3.05, 3.63) is 29.1 Å². The monoisotopic (exact) mass is 192 g/mol. The Hall–Kier alpha value is -1.06. The van der Waals surface area contributed by atoms with Crippen LogP contribution in [0.4, 0.5) is 0 Å². The molecule has 0 fully saturated rings. The summed E-state index contributed by atoms with van der Waals surface area (Å²) in [5, 5.41) is 0. The highest BCUT2D eigenvalue weighted by molar-refractivity contribution is 5.56. The molecule has 0 bridgehead atoms. The second kappa shape index (κ2) is 3.98. The molecule has 3 heteroatoms. The van der Waals surface area contributed by atoms with Gasteiger partial charge in [-0.05, 0) is 30.2 Å². The maximum Gasteiger partial charge on any atom is 0.0797 e. The lowest BCUT2D eigenvalue weighted by Gasteiger charge is -2.16. The van der Waals surface area contributed by atoms with E-state index in [1.165, 1.54) is 16.8 Å². The van der Waals surface area contributed by atoms with Gasteiger partial charge in [0.05, 0.1) is 6.10 Å². The van der Waals surface area contributed by atoms with Crippen molar-refractivity contribution < 1.29 is 4.74 Å². The Kier molecular flexibility index (Phi) is 2.70. The Morgan fingerprint density at radius 2 is 2.50 bits per heavy atom. The average Bonchev–Trinajstić information content (AvgIpc) is 2.61. The third kappa shape index (κ3) is 1.61. The van der Waals surface area contributed by atoms with E-state index in [4.69, 9.17) is 10.5 Å². The first-order valence-electron chi connectivity index (χ1n) is 4.95. The van der Waals surface area contributed by atoms with Crippen molar-refractivity contribution in [3.8, 4) is 0 Å². The van der Waals surface area contributed by atoms with Gasteiger partial charge in [0.25, 0.3) is 0 Å². The Labute approximate surface area is 84.0 Å². The van der Waals surface area contributed by atoms with E-state index in [2.05, 4.69) is 23.3 Å². The predicted octanol–water partition coefficient (Wildman–Crippen LogP) is 1.10. The molecule has 0 saturated carbocycles. The van der Waals surface area contributed by atoms with Gasteiger partial charge in [-0.15, -0.1) is 0 Å². The number of hydrogen-bond donors (Lipinski definition) is 2. The lowest BCUT2D eigenvalue weighted by atomic mass is 9.97. The van der Waals surface area contributed by atoms with Crippen LogP contribution in [0.25, 0.3) is 6.08 Å². The standard InChI is InChI=1S/C11H16N2O/c1-14-9-2-3-11-10(6-9)8(4-5-12)7-13-11/h2-3,7,9,13H,4-6,12H2,1H3. The number of ether oxygens (including phenoxy) is 1. The summed E-state index contributed by atoms with van der Waals surface area (Å²) in [6, 6.07) is 0. The molecule has 1 aliphatic rings. The fourth-order valence-electron chi connectivity index (χ4n) is 1.92. The van der Waals surface area contributed by atoms with E-state index < -0.39 is 0 Å². The molecule has 1 atom stereocenters. The van der Waals surface area contributed by atoms with E-state index in [1.54, 1.807) is 7.11 Å². The van der Waals surface area contributed by atoms with Crippen LogP contribution in [0, 0.1) is 0 Å². The number of fused-ring (bicyclic) bond motifs is 1. The smallest absolute Gasteiger partial charge is 0.0797 e. The first kappa shape index (κ1) is 9.49. The minimum atomic E-state index is 0.217. The number of aromatic nitrogens is 1. The molecule has 14 heavy (non-hydrogen) atoms. The summed E-state index contributed by atoms with van der Waals surface area (Å²) >= 11 is 0. The number of nitrogens with one attached hydrogen (secondary N) is 1. The molecular formula is C11H16N2O. The Balaban J connectivity index is 2.25. The van der Waals surface area contributed by atoms with Gasteiger partial charge in [0.1, 0.15) is 0 Å². The van der Waals surface area contributed by atoms with Crippen LogP contribution in [-0.4, -0.2) is 24.7 Å². The molecule has 1 aliphatic carbocycles. The molecule has 1 aromatic rings. The zero-order valence-electron chi connectivity index (χ0n) is 8.42. The largest absolute Gasteiger partial charge is 0.377 e.